The van der Waals surface area contributed by atoms with Crippen molar-refractivity contribution < 1.29 is 9.47 Å². The van der Waals surface area contributed by atoms with Crippen LogP contribution in [0.25, 0.3) is 0 Å². The third-order valence-corrected chi connectivity index (χ3v) is 3.97. The smallest absolute Gasteiger partial charge is 0.255 e. The topological polar surface area (TPSA) is 115 Å². The molecule has 8 heteroatoms. The summed E-state index contributed by atoms with van der Waals surface area (Å²) in [4.78, 5) is 23.1. The normalized spacial score (nSPS) is 15.9. The number of ether oxygens (including phenoxy) is 2. The number of aliphatic imine (C=N–C) groups is 1. The first kappa shape index (κ1) is 14.6. The van der Waals surface area contributed by atoms with E-state index in [4.69, 9.17) is 15.2 Å². The van der Waals surface area contributed by atoms with Crippen molar-refractivity contribution in [3.63, 3.8) is 0 Å². The van der Waals surface area contributed by atoms with Crippen LogP contribution in [0, 0.1) is 0 Å². The van der Waals surface area contributed by atoms with Crippen molar-refractivity contribution in [2.45, 2.75) is 19.3 Å². The van der Waals surface area contributed by atoms with Gasteiger partial charge in [-0.2, -0.15) is 4.99 Å². The number of fused-ring (bicyclic) bond motifs is 2. The number of aryl methyl sites for hydroxylation is 1. The number of guanidine groups is 1. The molecule has 1 aromatic heterocycles. The van der Waals surface area contributed by atoms with E-state index in [1.807, 2.05) is 6.07 Å². The van der Waals surface area contributed by atoms with Crippen LogP contribution in [0.3, 0.4) is 0 Å². The van der Waals surface area contributed by atoms with Crippen LogP contribution < -0.4 is 26.1 Å². The van der Waals surface area contributed by atoms with E-state index in [1.165, 1.54) is 0 Å². The minimum atomic E-state index is -0.136. The van der Waals surface area contributed by atoms with Gasteiger partial charge in [0.25, 0.3) is 5.56 Å². The van der Waals surface area contributed by atoms with Gasteiger partial charge in [0.05, 0.1) is 5.69 Å². The van der Waals surface area contributed by atoms with Crippen molar-refractivity contribution in [2.24, 2.45) is 10.7 Å². The number of nitrogens with one attached hydrogen (secondary N) is 2. The van der Waals surface area contributed by atoms with E-state index >= 15 is 0 Å². The highest BCUT2D eigenvalue weighted by Crippen LogP contribution is 2.32. The van der Waals surface area contributed by atoms with E-state index in [-0.39, 0.29) is 17.5 Å². The Bertz CT molecular complexity index is 875. The lowest BCUT2D eigenvalue weighted by molar-refractivity contribution is 0.171. The predicted molar refractivity (Wildman–Crippen MR) is 89.2 cm³/mol. The maximum absolute atomic E-state index is 12.0. The summed E-state index contributed by atoms with van der Waals surface area (Å²) in [6, 6.07) is 5.41. The summed E-state index contributed by atoms with van der Waals surface area (Å²) in [7, 11) is 0. The van der Waals surface area contributed by atoms with Crippen molar-refractivity contribution in [1.29, 1.82) is 0 Å². The van der Waals surface area contributed by atoms with Gasteiger partial charge in [0, 0.05) is 17.3 Å². The molecule has 0 amide bonds. The fraction of sp³-hybridized carbons (Fsp3) is 0.312. The molecule has 0 radical (unpaired) electrons. The zero-order valence-corrected chi connectivity index (χ0v) is 13.0. The maximum Gasteiger partial charge on any atom is 0.255 e. The molecular formula is C16H17N5O3. The Morgan fingerprint density at radius 1 is 1.25 bits per heavy atom. The van der Waals surface area contributed by atoms with E-state index in [9.17, 15) is 4.79 Å². The van der Waals surface area contributed by atoms with E-state index in [1.54, 1.807) is 12.1 Å². The molecule has 24 heavy (non-hydrogen) atoms. The Balaban J connectivity index is 1.56. The Hall–Kier alpha value is -3.03. The Morgan fingerprint density at radius 2 is 2.08 bits per heavy atom. The van der Waals surface area contributed by atoms with E-state index in [2.05, 4.69) is 20.3 Å². The van der Waals surface area contributed by atoms with Gasteiger partial charge in [-0.1, -0.05) is 0 Å². The van der Waals surface area contributed by atoms with E-state index in [0.717, 1.165) is 30.5 Å². The quantitative estimate of drug-likeness (QED) is 0.562. The van der Waals surface area contributed by atoms with Crippen molar-refractivity contribution in [1.82, 2.24) is 9.97 Å². The van der Waals surface area contributed by atoms with Crippen LogP contribution >= 0.6 is 0 Å². The lowest BCUT2D eigenvalue weighted by Gasteiger charge is -2.19. The zero-order valence-electron chi connectivity index (χ0n) is 13.0. The maximum atomic E-state index is 12.0. The molecule has 2 heterocycles. The first-order chi connectivity index (χ1) is 11.7. The average Bonchev–Trinajstić information content (AvgIpc) is 3.03. The van der Waals surface area contributed by atoms with Gasteiger partial charge < -0.3 is 20.5 Å². The summed E-state index contributed by atoms with van der Waals surface area (Å²) >= 11 is 0. The fourth-order valence-electron chi connectivity index (χ4n) is 2.89. The molecule has 8 nitrogen and oxygen atoms in total. The standard InChI is InChI=1S/C16H17N5O3/c17-15(18-9-4-5-12-13(8-9)24-7-6-23-12)21-16-19-11-3-1-2-10(11)14(22)20-16/h4-5,8H,1-3,6-7H2,(H4,17,18,19,20,21,22). The Labute approximate surface area is 137 Å². The molecule has 4 rings (SSSR count). The SMILES string of the molecule is N/C(=N\c1nc2c(c(=O)[nH]1)CCC2)Nc1ccc2c(c1)OCCO2. The molecule has 1 aromatic carbocycles. The van der Waals surface area contributed by atoms with Gasteiger partial charge in [0.1, 0.15) is 13.2 Å². The summed E-state index contributed by atoms with van der Waals surface area (Å²) < 4.78 is 11.0. The summed E-state index contributed by atoms with van der Waals surface area (Å²) in [6.07, 6.45) is 2.52. The van der Waals surface area contributed by atoms with Crippen molar-refractivity contribution >= 4 is 17.6 Å². The lowest BCUT2D eigenvalue weighted by Crippen LogP contribution is -2.23. The number of nitrogens with zero attached hydrogens (tertiary/aromatic N) is 2. The molecular weight excluding hydrogens is 310 g/mol. The second kappa shape index (κ2) is 5.88. The molecule has 124 valence electrons. The lowest BCUT2D eigenvalue weighted by atomic mass is 10.2. The summed E-state index contributed by atoms with van der Waals surface area (Å²) in [5.41, 5.74) is 8.06. The first-order valence-corrected chi connectivity index (χ1v) is 7.82. The van der Waals surface area contributed by atoms with Crippen molar-refractivity contribution in [3.8, 4) is 11.5 Å². The molecule has 2 aliphatic rings. The number of rotatable bonds is 2. The fourth-order valence-corrected chi connectivity index (χ4v) is 2.89. The second-order valence-corrected chi connectivity index (χ2v) is 5.65. The van der Waals surface area contributed by atoms with Gasteiger partial charge >= 0.3 is 0 Å². The van der Waals surface area contributed by atoms with Crippen molar-refractivity contribution in [3.05, 3.63) is 39.8 Å². The highest BCUT2D eigenvalue weighted by atomic mass is 16.6. The summed E-state index contributed by atoms with van der Waals surface area (Å²) in [6.45, 7) is 1.06. The van der Waals surface area contributed by atoms with Crippen LogP contribution in [0.2, 0.25) is 0 Å². The Morgan fingerprint density at radius 3 is 2.96 bits per heavy atom. The predicted octanol–water partition coefficient (Wildman–Crippen LogP) is 1.09. The first-order valence-electron chi connectivity index (χ1n) is 7.82. The van der Waals surface area contributed by atoms with Gasteiger partial charge in [-0.3, -0.25) is 9.78 Å². The molecule has 2 aromatic rings. The van der Waals surface area contributed by atoms with Gasteiger partial charge in [-0.05, 0) is 31.4 Å². The van der Waals surface area contributed by atoms with Gasteiger partial charge in [0.15, 0.2) is 11.5 Å². The van der Waals surface area contributed by atoms with Crippen LogP contribution in [0.15, 0.2) is 28.0 Å². The van der Waals surface area contributed by atoms with Crippen LogP contribution in [0.1, 0.15) is 17.7 Å². The molecule has 1 aliphatic carbocycles. The highest BCUT2D eigenvalue weighted by Gasteiger charge is 2.17. The average molecular weight is 327 g/mol. The number of hydrogen-bond donors (Lipinski definition) is 3. The summed E-state index contributed by atoms with van der Waals surface area (Å²) in [5.74, 6) is 1.70. The highest BCUT2D eigenvalue weighted by molar-refractivity contribution is 5.93. The summed E-state index contributed by atoms with van der Waals surface area (Å²) in [5, 5.41) is 2.96. The number of hydrogen-bond acceptors (Lipinski definition) is 5. The van der Waals surface area contributed by atoms with Crippen molar-refractivity contribution in [2.75, 3.05) is 18.5 Å². The van der Waals surface area contributed by atoms with Crippen LogP contribution in [-0.4, -0.2) is 29.1 Å². The van der Waals surface area contributed by atoms with Crippen LogP contribution in [0.4, 0.5) is 11.6 Å². The largest absolute Gasteiger partial charge is 0.486 e. The molecule has 0 saturated heterocycles. The van der Waals surface area contributed by atoms with Gasteiger partial charge in [-0.25, -0.2) is 4.98 Å². The second-order valence-electron chi connectivity index (χ2n) is 5.65. The minimum absolute atomic E-state index is 0.132. The molecule has 0 atom stereocenters. The number of nitrogens with two attached hydrogens (primary N) is 1. The zero-order chi connectivity index (χ0) is 16.5. The Kier molecular flexibility index (Phi) is 3.56. The molecule has 0 unspecified atom stereocenters. The number of benzene rings is 1. The molecule has 0 saturated carbocycles. The number of aromatic nitrogens is 2. The third kappa shape index (κ3) is 2.78. The monoisotopic (exact) mass is 327 g/mol. The molecule has 1 aliphatic heterocycles. The third-order valence-electron chi connectivity index (χ3n) is 3.97. The molecule has 0 bridgehead atoms. The van der Waals surface area contributed by atoms with E-state index in [0.29, 0.717) is 30.4 Å². The molecule has 0 spiro atoms. The van der Waals surface area contributed by atoms with Gasteiger partial charge in [0.2, 0.25) is 11.9 Å². The van der Waals surface area contributed by atoms with Crippen LogP contribution in [0.5, 0.6) is 11.5 Å². The number of anilines is 1. The number of H-pyrrole nitrogens is 1. The number of aromatic amines is 1. The van der Waals surface area contributed by atoms with E-state index < -0.39 is 0 Å². The minimum Gasteiger partial charge on any atom is -0.486 e. The van der Waals surface area contributed by atoms with Crippen LogP contribution in [-0.2, 0) is 12.8 Å². The molecule has 4 N–H and O–H groups in total. The molecule has 0 fully saturated rings. The van der Waals surface area contributed by atoms with Gasteiger partial charge in [-0.15, -0.1) is 0 Å².